The monoisotopic (exact) mass is 343 g/mol. The normalized spacial score (nSPS) is 10.7. The van der Waals surface area contributed by atoms with Crippen molar-refractivity contribution in [3.63, 3.8) is 0 Å². The van der Waals surface area contributed by atoms with Gasteiger partial charge in [-0.15, -0.1) is 11.3 Å². The van der Waals surface area contributed by atoms with Gasteiger partial charge in [0.05, 0.1) is 11.2 Å². The van der Waals surface area contributed by atoms with Crippen LogP contribution in [0.2, 0.25) is 0 Å². The van der Waals surface area contributed by atoms with Crippen molar-refractivity contribution >= 4 is 17.2 Å². The molecule has 0 unspecified atom stereocenters. The molecule has 0 aliphatic carbocycles. The zero-order chi connectivity index (χ0) is 16.8. The molecule has 0 aliphatic heterocycles. The largest absolute Gasteiger partial charge is 0.356 e. The van der Waals surface area contributed by atoms with Gasteiger partial charge in [0.25, 0.3) is 0 Å². The first kappa shape index (κ1) is 16.3. The van der Waals surface area contributed by atoms with E-state index in [0.29, 0.717) is 43.2 Å². The number of carbonyl (C=O) groups is 1. The summed E-state index contributed by atoms with van der Waals surface area (Å²) in [5.41, 5.74) is 3.47. The summed E-state index contributed by atoms with van der Waals surface area (Å²) in [6.07, 6.45) is 3.33. The summed E-state index contributed by atoms with van der Waals surface area (Å²) >= 11 is 1.58. The fourth-order valence-electron chi connectivity index (χ4n) is 2.15. The summed E-state index contributed by atoms with van der Waals surface area (Å²) in [5.74, 6) is 0.944. The number of amides is 1. The Hall–Kier alpha value is -2.61. The average Bonchev–Trinajstić information content (AvgIpc) is 3.23. The van der Waals surface area contributed by atoms with Crippen molar-refractivity contribution < 1.29 is 9.32 Å². The number of hydrogen-bond donors (Lipinski definition) is 1. The second kappa shape index (κ2) is 7.78. The summed E-state index contributed by atoms with van der Waals surface area (Å²) in [7, 11) is 0. The maximum Gasteiger partial charge on any atom is 0.228 e. The molecule has 0 saturated carbocycles. The summed E-state index contributed by atoms with van der Waals surface area (Å²) < 4.78 is 5.18. The number of rotatable bonds is 7. The average molecular weight is 343 g/mol. The van der Waals surface area contributed by atoms with Crippen molar-refractivity contribution in [3.05, 3.63) is 46.4 Å². The predicted octanol–water partition coefficient (Wildman–Crippen LogP) is 2.19. The molecule has 1 amide bonds. The number of hydrogen-bond acceptors (Lipinski definition) is 7. The van der Waals surface area contributed by atoms with Crippen LogP contribution in [-0.4, -0.2) is 32.6 Å². The molecule has 7 nitrogen and oxygen atoms in total. The van der Waals surface area contributed by atoms with Gasteiger partial charge < -0.3 is 9.84 Å². The van der Waals surface area contributed by atoms with Crippen LogP contribution in [0.1, 0.15) is 22.9 Å². The molecule has 0 aliphatic rings. The summed E-state index contributed by atoms with van der Waals surface area (Å²) in [6.45, 7) is 2.42. The molecule has 8 heteroatoms. The Kier molecular flexibility index (Phi) is 5.27. The van der Waals surface area contributed by atoms with Crippen molar-refractivity contribution in [2.24, 2.45) is 0 Å². The van der Waals surface area contributed by atoms with E-state index in [9.17, 15) is 4.79 Å². The lowest BCUT2D eigenvalue weighted by atomic mass is 10.2. The molecular formula is C16H17N5O2S. The Morgan fingerprint density at radius 2 is 2.21 bits per heavy atom. The highest BCUT2D eigenvalue weighted by atomic mass is 32.1. The van der Waals surface area contributed by atoms with Gasteiger partial charge in [-0.1, -0.05) is 11.2 Å². The van der Waals surface area contributed by atoms with Gasteiger partial charge in [-0.2, -0.15) is 4.98 Å². The van der Waals surface area contributed by atoms with Crippen LogP contribution in [0.5, 0.6) is 0 Å². The SMILES string of the molecule is Cc1ncsc1CCC(=O)NCCc1nc(-c2ccccn2)no1. The van der Waals surface area contributed by atoms with Crippen LogP contribution >= 0.6 is 11.3 Å². The van der Waals surface area contributed by atoms with E-state index < -0.39 is 0 Å². The third-order valence-electron chi connectivity index (χ3n) is 3.45. The van der Waals surface area contributed by atoms with Crippen LogP contribution in [0.15, 0.2) is 34.4 Å². The van der Waals surface area contributed by atoms with Gasteiger partial charge >= 0.3 is 0 Å². The maximum absolute atomic E-state index is 11.9. The fraction of sp³-hybridized carbons (Fsp3) is 0.312. The lowest BCUT2D eigenvalue weighted by Gasteiger charge is -2.02. The molecule has 3 heterocycles. The molecule has 3 aromatic heterocycles. The standard InChI is InChI=1S/C16H17N5O2S/c1-11-13(24-10-19-11)5-6-14(22)18-9-7-15-20-16(21-23-15)12-4-2-3-8-17-12/h2-4,8,10H,5-7,9H2,1H3,(H,18,22). The zero-order valence-corrected chi connectivity index (χ0v) is 14.0. The molecular weight excluding hydrogens is 326 g/mol. The van der Waals surface area contributed by atoms with Crippen LogP contribution in [0.25, 0.3) is 11.5 Å². The molecule has 0 saturated heterocycles. The quantitative estimate of drug-likeness (QED) is 0.707. The third-order valence-corrected chi connectivity index (χ3v) is 4.44. The number of nitrogens with one attached hydrogen (secondary N) is 1. The van der Waals surface area contributed by atoms with Gasteiger partial charge in [0.1, 0.15) is 5.69 Å². The highest BCUT2D eigenvalue weighted by Crippen LogP contribution is 2.14. The molecule has 0 radical (unpaired) electrons. The first-order chi connectivity index (χ1) is 11.7. The molecule has 0 aromatic carbocycles. The Labute approximate surface area is 143 Å². The molecule has 0 bridgehead atoms. The van der Waals surface area contributed by atoms with Gasteiger partial charge in [-0.25, -0.2) is 4.98 Å². The Bertz CT molecular complexity index is 800. The smallest absolute Gasteiger partial charge is 0.228 e. The molecule has 3 aromatic rings. The highest BCUT2D eigenvalue weighted by molar-refractivity contribution is 7.09. The number of aryl methyl sites for hydroxylation is 2. The molecule has 124 valence electrons. The molecule has 0 spiro atoms. The number of carbonyl (C=O) groups excluding carboxylic acids is 1. The van der Waals surface area contributed by atoms with Gasteiger partial charge in [-0.3, -0.25) is 9.78 Å². The number of nitrogens with zero attached hydrogens (tertiary/aromatic N) is 4. The van der Waals surface area contributed by atoms with Crippen LogP contribution in [-0.2, 0) is 17.6 Å². The molecule has 24 heavy (non-hydrogen) atoms. The summed E-state index contributed by atoms with van der Waals surface area (Å²) in [5, 5.41) is 6.76. The third kappa shape index (κ3) is 4.23. The molecule has 0 atom stereocenters. The van der Waals surface area contributed by atoms with Crippen molar-refractivity contribution in [1.82, 2.24) is 25.4 Å². The van der Waals surface area contributed by atoms with Gasteiger partial charge in [0, 0.05) is 30.5 Å². The van der Waals surface area contributed by atoms with Gasteiger partial charge in [0.2, 0.25) is 17.6 Å². The predicted molar refractivity (Wildman–Crippen MR) is 89.4 cm³/mol. The number of aromatic nitrogens is 4. The lowest BCUT2D eigenvalue weighted by Crippen LogP contribution is -2.25. The minimum atomic E-state index is 0.00673. The molecule has 1 N–H and O–H groups in total. The minimum absolute atomic E-state index is 0.00673. The molecule has 3 rings (SSSR count). The van der Waals surface area contributed by atoms with Crippen LogP contribution < -0.4 is 5.32 Å². The topological polar surface area (TPSA) is 93.8 Å². The fourth-order valence-corrected chi connectivity index (χ4v) is 2.93. The van der Waals surface area contributed by atoms with Crippen LogP contribution in [0.4, 0.5) is 0 Å². The first-order valence-electron chi connectivity index (χ1n) is 7.62. The van der Waals surface area contributed by atoms with Crippen molar-refractivity contribution in [3.8, 4) is 11.5 Å². The van der Waals surface area contributed by atoms with Crippen LogP contribution in [0.3, 0.4) is 0 Å². The van der Waals surface area contributed by atoms with E-state index in [-0.39, 0.29) is 5.91 Å². The van der Waals surface area contributed by atoms with E-state index in [1.165, 1.54) is 0 Å². The van der Waals surface area contributed by atoms with Crippen molar-refractivity contribution in [1.29, 1.82) is 0 Å². The van der Waals surface area contributed by atoms with E-state index in [2.05, 4.69) is 25.4 Å². The van der Waals surface area contributed by atoms with Gasteiger partial charge in [-0.05, 0) is 25.5 Å². The van der Waals surface area contributed by atoms with E-state index in [1.54, 1.807) is 23.0 Å². The van der Waals surface area contributed by atoms with E-state index in [4.69, 9.17) is 4.52 Å². The van der Waals surface area contributed by atoms with Gasteiger partial charge in [0.15, 0.2) is 0 Å². The summed E-state index contributed by atoms with van der Waals surface area (Å²) in [4.78, 5) is 25.6. The Morgan fingerprint density at radius 1 is 1.29 bits per heavy atom. The maximum atomic E-state index is 11.9. The second-order valence-corrected chi connectivity index (χ2v) is 6.13. The van der Waals surface area contributed by atoms with E-state index in [0.717, 1.165) is 10.6 Å². The van der Waals surface area contributed by atoms with Crippen molar-refractivity contribution in [2.75, 3.05) is 6.54 Å². The van der Waals surface area contributed by atoms with E-state index in [1.807, 2.05) is 25.1 Å². The van der Waals surface area contributed by atoms with E-state index >= 15 is 0 Å². The lowest BCUT2D eigenvalue weighted by molar-refractivity contribution is -0.121. The second-order valence-electron chi connectivity index (χ2n) is 5.19. The zero-order valence-electron chi connectivity index (χ0n) is 13.2. The molecule has 0 fully saturated rings. The van der Waals surface area contributed by atoms with Crippen molar-refractivity contribution in [2.45, 2.75) is 26.2 Å². The Morgan fingerprint density at radius 3 is 2.96 bits per heavy atom. The first-order valence-corrected chi connectivity index (χ1v) is 8.50. The number of pyridine rings is 1. The highest BCUT2D eigenvalue weighted by Gasteiger charge is 2.10. The minimum Gasteiger partial charge on any atom is -0.356 e. The van der Waals surface area contributed by atoms with Crippen LogP contribution in [0, 0.1) is 6.92 Å². The Balaban J connectivity index is 1.42. The number of thiazole rings is 1. The summed E-state index contributed by atoms with van der Waals surface area (Å²) in [6, 6.07) is 5.51.